The zero-order chi connectivity index (χ0) is 14.4. The van der Waals surface area contributed by atoms with Gasteiger partial charge in [0.05, 0.1) is 0 Å². The van der Waals surface area contributed by atoms with Crippen LogP contribution in [0.3, 0.4) is 0 Å². The van der Waals surface area contributed by atoms with Gasteiger partial charge in [-0.25, -0.2) is 0 Å². The first-order chi connectivity index (χ1) is 9.02. The van der Waals surface area contributed by atoms with Gasteiger partial charge in [-0.05, 0) is 26.7 Å². The number of hydrogen-bond donors (Lipinski definition) is 0. The van der Waals surface area contributed by atoms with Gasteiger partial charge in [-0.3, -0.25) is 0 Å². The van der Waals surface area contributed by atoms with Gasteiger partial charge in [0.1, 0.15) is 0 Å². The van der Waals surface area contributed by atoms with Crippen molar-refractivity contribution in [2.24, 2.45) is 5.92 Å². The smallest absolute Gasteiger partial charge is 1.00 e. The molecule has 22 heavy (non-hydrogen) atoms. The molecule has 1 nitrogen and oxygen atoms in total. The van der Waals surface area contributed by atoms with Gasteiger partial charge in [-0.2, -0.15) is 0 Å². The molecule has 1 radical (unpaired) electrons. The predicted molar refractivity (Wildman–Crippen MR) is 90.0 cm³/mol. The van der Waals surface area contributed by atoms with E-state index in [0.29, 0.717) is 5.92 Å². The summed E-state index contributed by atoms with van der Waals surface area (Å²) in [4.78, 5) is 0. The van der Waals surface area contributed by atoms with Crippen LogP contribution in [-0.4, -0.2) is 15.4 Å². The molecule has 0 spiro atoms. The Morgan fingerprint density at radius 3 is 1.73 bits per heavy atom. The van der Waals surface area contributed by atoms with E-state index in [4.69, 9.17) is 5.32 Å². The van der Waals surface area contributed by atoms with E-state index in [-0.39, 0.29) is 66.4 Å². The average molecular weight is 479 g/mol. The number of nitrogens with zero attached hydrogens (tertiary/aromatic N) is 1. The minimum absolute atomic E-state index is 0. The maximum atomic E-state index is 4.76. The van der Waals surface area contributed by atoms with Gasteiger partial charge in [-0.1, -0.05) is 54.0 Å². The molecule has 1 aliphatic carbocycles. The van der Waals surface area contributed by atoms with Crippen LogP contribution in [-0.2, 0) is 26.2 Å². The van der Waals surface area contributed by atoms with Crippen LogP contribution in [0.1, 0.15) is 27.7 Å². The molecule has 1 aliphatic rings. The second-order valence-electron chi connectivity index (χ2n) is 5.19. The molecule has 0 saturated carbocycles. The molecule has 0 fully saturated rings. The molecule has 0 aromatic heterocycles. The zero-order valence-electron chi connectivity index (χ0n) is 14.4. The fourth-order valence-corrected chi connectivity index (χ4v) is 2.16. The van der Waals surface area contributed by atoms with Gasteiger partial charge in [0, 0.05) is 0 Å². The van der Waals surface area contributed by atoms with Crippen LogP contribution in [0.2, 0.25) is 11.5 Å². The molecule has 0 heterocycles. The summed E-state index contributed by atoms with van der Waals surface area (Å²) in [7, 11) is 0. The molecular formula is C17H26Cl2GeNZr. The van der Waals surface area contributed by atoms with Gasteiger partial charge in [0.2, 0.25) is 0 Å². The molecule has 0 N–H and O–H groups in total. The molecule has 0 amide bonds. The second kappa shape index (κ2) is 13.9. The van der Waals surface area contributed by atoms with E-state index in [1.807, 2.05) is 18.2 Å². The minimum Gasteiger partial charge on any atom is -1.00 e. The molecule has 0 saturated heterocycles. The first-order valence-corrected chi connectivity index (χ1v) is 13.1. The standard InChI is InChI=1S/C15H18N.C2H8Ge.2ClH.Zr/c1-10-11(2)13(4)15(12(10)3)16-14-8-6-5-7-9-14;1-3-2;;;/h5-9,12H,1-4H3;3H2,1-2H3;2*1H;/q-1;;;;+3/p-2. The topological polar surface area (TPSA) is 14.1 Å². The molecule has 1 aromatic carbocycles. The van der Waals surface area contributed by atoms with Crippen molar-refractivity contribution in [2.45, 2.75) is 39.2 Å². The van der Waals surface area contributed by atoms with Crippen molar-refractivity contribution in [1.29, 1.82) is 0 Å². The number of rotatable bonds is 2. The Labute approximate surface area is 174 Å². The Balaban J connectivity index is -0.000000558. The maximum absolute atomic E-state index is 4.76. The van der Waals surface area contributed by atoms with Crippen LogP contribution in [0.15, 0.2) is 52.7 Å². The Hall–Kier alpha value is 0.506. The van der Waals surface area contributed by atoms with Crippen molar-refractivity contribution >= 4 is 21.1 Å². The average Bonchev–Trinajstić information content (AvgIpc) is 2.59. The van der Waals surface area contributed by atoms with E-state index < -0.39 is 0 Å². The normalized spacial score (nSPS) is 15.8. The van der Waals surface area contributed by atoms with Crippen molar-refractivity contribution in [1.82, 2.24) is 0 Å². The molecule has 1 unspecified atom stereocenters. The van der Waals surface area contributed by atoms with E-state index in [1.165, 1.54) is 22.4 Å². The summed E-state index contributed by atoms with van der Waals surface area (Å²) in [6, 6.07) is 10.2. The van der Waals surface area contributed by atoms with E-state index in [2.05, 4.69) is 51.3 Å². The van der Waals surface area contributed by atoms with Crippen LogP contribution in [0.25, 0.3) is 5.32 Å². The number of benzene rings is 1. The van der Waals surface area contributed by atoms with E-state index in [1.54, 1.807) is 0 Å². The van der Waals surface area contributed by atoms with Crippen molar-refractivity contribution < 1.29 is 51.0 Å². The summed E-state index contributed by atoms with van der Waals surface area (Å²) in [5, 5.41) is 4.76. The first kappa shape index (κ1) is 27.4. The fourth-order valence-electron chi connectivity index (χ4n) is 2.16. The maximum Gasteiger partial charge on any atom is 3.00 e. The van der Waals surface area contributed by atoms with Gasteiger partial charge in [0.15, 0.2) is 0 Å². The summed E-state index contributed by atoms with van der Waals surface area (Å²) < 4.78 is 0. The number of hydrogen-bond acceptors (Lipinski definition) is 0. The molecule has 1 aromatic rings. The van der Waals surface area contributed by atoms with Crippen molar-refractivity contribution in [3.05, 3.63) is 58.1 Å². The van der Waals surface area contributed by atoms with Crippen LogP contribution in [0.4, 0.5) is 5.69 Å². The summed E-state index contributed by atoms with van der Waals surface area (Å²) in [5.74, 6) is 5.08. The molecular weight excluding hydrogens is 453 g/mol. The molecule has 5 heteroatoms. The van der Waals surface area contributed by atoms with Crippen LogP contribution < -0.4 is 24.8 Å². The Kier molecular flexibility index (Phi) is 17.3. The number of halogens is 2. The number of para-hydroxylation sites is 1. The van der Waals surface area contributed by atoms with Crippen LogP contribution in [0, 0.1) is 5.92 Å². The van der Waals surface area contributed by atoms with E-state index in [9.17, 15) is 0 Å². The SMILES string of the molecule is CC1=C(C)C(C)C([N-]c2ccccc2)=C1C.[CH3][GeH2][CH3].[Cl-].[Cl-].[Zr+3]. The van der Waals surface area contributed by atoms with Crippen molar-refractivity contribution in [3.63, 3.8) is 0 Å². The second-order valence-corrected chi connectivity index (χ2v) is 8.16. The van der Waals surface area contributed by atoms with Crippen LogP contribution in [0.5, 0.6) is 0 Å². The minimum atomic E-state index is 0. The van der Waals surface area contributed by atoms with E-state index in [0.717, 1.165) is 5.69 Å². The number of allylic oxidation sites excluding steroid dienone is 3. The van der Waals surface area contributed by atoms with Gasteiger partial charge in [0.25, 0.3) is 0 Å². The van der Waals surface area contributed by atoms with Crippen molar-refractivity contribution in [3.8, 4) is 0 Å². The Morgan fingerprint density at radius 1 is 0.909 bits per heavy atom. The zero-order valence-corrected chi connectivity index (χ0v) is 21.3. The summed E-state index contributed by atoms with van der Waals surface area (Å²) in [5.41, 5.74) is 6.47. The Morgan fingerprint density at radius 2 is 1.36 bits per heavy atom. The third kappa shape index (κ3) is 7.38. The van der Waals surface area contributed by atoms with Crippen molar-refractivity contribution in [2.75, 3.05) is 0 Å². The molecule has 0 aliphatic heterocycles. The predicted octanol–water partition coefficient (Wildman–Crippen LogP) is -0.791. The summed E-state index contributed by atoms with van der Waals surface area (Å²) >= 11 is 0.125. The first-order valence-electron chi connectivity index (χ1n) is 7.18. The fraction of sp³-hybridized carbons (Fsp3) is 0.412. The molecule has 0 bridgehead atoms. The summed E-state index contributed by atoms with van der Waals surface area (Å²) in [6.45, 7) is 8.80. The third-order valence-electron chi connectivity index (χ3n) is 3.60. The molecule has 121 valence electrons. The summed E-state index contributed by atoms with van der Waals surface area (Å²) in [6.07, 6.45) is 0. The van der Waals surface area contributed by atoms with E-state index >= 15 is 0 Å². The third-order valence-corrected chi connectivity index (χ3v) is 3.60. The Bertz CT molecular complexity index is 487. The van der Waals surface area contributed by atoms with Gasteiger partial charge < -0.3 is 30.1 Å². The largest absolute Gasteiger partial charge is 3.00 e. The van der Waals surface area contributed by atoms with Crippen LogP contribution >= 0.6 is 0 Å². The monoisotopic (exact) mass is 478 g/mol. The van der Waals surface area contributed by atoms with Gasteiger partial charge in [-0.15, -0.1) is 11.4 Å². The molecule has 2 rings (SSSR count). The molecule has 1 atom stereocenters. The quantitative estimate of drug-likeness (QED) is 0.495. The van der Waals surface area contributed by atoms with Gasteiger partial charge >= 0.3 is 53.1 Å².